The van der Waals surface area contributed by atoms with E-state index in [4.69, 9.17) is 4.74 Å². The highest BCUT2D eigenvalue weighted by Gasteiger charge is 2.38. The minimum atomic E-state index is -0.382. The Balaban J connectivity index is 1.62. The highest BCUT2D eigenvalue weighted by molar-refractivity contribution is 5.90. The van der Waals surface area contributed by atoms with E-state index in [2.05, 4.69) is 17.5 Å². The number of allylic oxidation sites excluding steroid dienone is 2. The highest BCUT2D eigenvalue weighted by Crippen LogP contribution is 2.50. The Morgan fingerprint density at radius 2 is 2.00 bits per heavy atom. The first-order valence-corrected chi connectivity index (χ1v) is 9.92. The van der Waals surface area contributed by atoms with Gasteiger partial charge in [0.2, 0.25) is 0 Å². The molecular weight excluding hydrogens is 368 g/mol. The number of fused-ring (bicyclic) bond motifs is 3. The van der Waals surface area contributed by atoms with E-state index in [0.29, 0.717) is 24.0 Å². The molecule has 6 nitrogen and oxygen atoms in total. The maximum absolute atomic E-state index is 12.4. The normalized spacial score (nSPS) is 22.0. The van der Waals surface area contributed by atoms with Crippen LogP contribution >= 0.6 is 0 Å². The number of nitrogens with zero attached hydrogens (tertiary/aromatic N) is 1. The Bertz CT molecular complexity index is 965. The van der Waals surface area contributed by atoms with Crippen LogP contribution in [0.4, 0.5) is 11.4 Å². The van der Waals surface area contributed by atoms with Gasteiger partial charge < -0.3 is 10.1 Å². The van der Waals surface area contributed by atoms with Gasteiger partial charge in [0.15, 0.2) is 0 Å². The summed E-state index contributed by atoms with van der Waals surface area (Å²) in [5.41, 5.74) is 3.78. The summed E-state index contributed by atoms with van der Waals surface area (Å²) in [7, 11) is 0. The lowest BCUT2D eigenvalue weighted by molar-refractivity contribution is -0.384. The molecule has 6 heteroatoms. The number of rotatable bonds is 5. The molecule has 1 heterocycles. The molecule has 2 aromatic rings. The third-order valence-electron chi connectivity index (χ3n) is 5.61. The first-order valence-electron chi connectivity index (χ1n) is 9.92. The molecule has 3 atom stereocenters. The minimum absolute atomic E-state index is 0.0575. The number of anilines is 1. The van der Waals surface area contributed by atoms with Gasteiger partial charge in [0.25, 0.3) is 5.69 Å². The number of nitro benzene ring substituents is 1. The summed E-state index contributed by atoms with van der Waals surface area (Å²) in [4.78, 5) is 22.9. The summed E-state index contributed by atoms with van der Waals surface area (Å²) in [6.45, 7) is 4.43. The molecule has 0 radical (unpaired) electrons. The number of benzene rings is 2. The van der Waals surface area contributed by atoms with E-state index in [1.54, 1.807) is 18.2 Å². The van der Waals surface area contributed by atoms with Crippen molar-refractivity contribution < 1.29 is 14.5 Å². The molecule has 0 saturated heterocycles. The van der Waals surface area contributed by atoms with Gasteiger partial charge in [-0.2, -0.15) is 0 Å². The highest BCUT2D eigenvalue weighted by atomic mass is 16.6. The van der Waals surface area contributed by atoms with Crippen LogP contribution in [-0.2, 0) is 4.74 Å². The van der Waals surface area contributed by atoms with Crippen molar-refractivity contribution in [2.75, 3.05) is 11.9 Å². The van der Waals surface area contributed by atoms with E-state index < -0.39 is 0 Å². The predicted octanol–water partition coefficient (Wildman–Crippen LogP) is 5.23. The number of esters is 1. The van der Waals surface area contributed by atoms with Crippen LogP contribution in [0.1, 0.15) is 53.7 Å². The molecule has 1 aliphatic carbocycles. The van der Waals surface area contributed by atoms with Crippen molar-refractivity contribution in [3.8, 4) is 0 Å². The number of nitro groups is 1. The van der Waals surface area contributed by atoms with E-state index in [-0.39, 0.29) is 28.5 Å². The lowest BCUT2D eigenvalue weighted by Crippen LogP contribution is -2.29. The zero-order valence-electron chi connectivity index (χ0n) is 16.5. The van der Waals surface area contributed by atoms with E-state index >= 15 is 0 Å². The van der Waals surface area contributed by atoms with Gasteiger partial charge >= 0.3 is 5.97 Å². The van der Waals surface area contributed by atoms with Crippen LogP contribution in [0, 0.1) is 22.0 Å². The third-order valence-corrected chi connectivity index (χ3v) is 5.61. The van der Waals surface area contributed by atoms with Gasteiger partial charge in [0.1, 0.15) is 0 Å². The monoisotopic (exact) mass is 392 g/mol. The van der Waals surface area contributed by atoms with Gasteiger partial charge in [-0.15, -0.1) is 0 Å². The number of hydrogen-bond acceptors (Lipinski definition) is 5. The SMILES string of the molecule is CC(C)COC(=O)c1ccc2c(c1)[C@@H]1C=CC[C@H]1[C@H](c1ccc([N+](=O)[O-])cc1)N2. The molecule has 0 bridgehead atoms. The fraction of sp³-hybridized carbons (Fsp3) is 0.348. The first kappa shape index (κ1) is 19.2. The van der Waals surface area contributed by atoms with Gasteiger partial charge in [-0.25, -0.2) is 4.79 Å². The van der Waals surface area contributed by atoms with Crippen LogP contribution in [-0.4, -0.2) is 17.5 Å². The third kappa shape index (κ3) is 3.75. The second-order valence-corrected chi connectivity index (χ2v) is 8.12. The maximum atomic E-state index is 12.4. The van der Waals surface area contributed by atoms with Gasteiger partial charge in [-0.05, 0) is 47.6 Å². The fourth-order valence-electron chi connectivity index (χ4n) is 4.18. The van der Waals surface area contributed by atoms with E-state index in [1.165, 1.54) is 0 Å². The number of carbonyl (C=O) groups is 1. The van der Waals surface area contributed by atoms with Crippen LogP contribution in [0.5, 0.6) is 0 Å². The second kappa shape index (κ2) is 7.70. The largest absolute Gasteiger partial charge is 0.462 e. The number of non-ortho nitro benzene ring substituents is 1. The average Bonchev–Trinajstić information content (AvgIpc) is 3.21. The molecule has 0 unspecified atom stereocenters. The van der Waals surface area contributed by atoms with Crippen molar-refractivity contribution in [2.24, 2.45) is 11.8 Å². The van der Waals surface area contributed by atoms with Gasteiger partial charge in [0, 0.05) is 23.7 Å². The van der Waals surface area contributed by atoms with Crippen molar-refractivity contribution in [1.29, 1.82) is 0 Å². The zero-order chi connectivity index (χ0) is 20.5. The minimum Gasteiger partial charge on any atom is -0.462 e. The number of carbonyl (C=O) groups excluding carboxylic acids is 1. The van der Waals surface area contributed by atoms with E-state index in [0.717, 1.165) is 23.2 Å². The molecule has 150 valence electrons. The Morgan fingerprint density at radius 3 is 2.69 bits per heavy atom. The molecule has 0 fully saturated rings. The lowest BCUT2D eigenvalue weighted by Gasteiger charge is -2.37. The first-order chi connectivity index (χ1) is 13.9. The summed E-state index contributed by atoms with van der Waals surface area (Å²) in [6, 6.07) is 12.5. The zero-order valence-corrected chi connectivity index (χ0v) is 16.5. The summed E-state index contributed by atoms with van der Waals surface area (Å²) in [6.07, 6.45) is 5.29. The molecule has 0 amide bonds. The van der Waals surface area contributed by atoms with Crippen molar-refractivity contribution in [1.82, 2.24) is 0 Å². The van der Waals surface area contributed by atoms with Gasteiger partial charge in [0.05, 0.1) is 23.1 Å². The molecule has 0 aromatic heterocycles. The van der Waals surface area contributed by atoms with Crippen LogP contribution in [0.2, 0.25) is 0 Å². The Hall–Kier alpha value is -3.15. The van der Waals surface area contributed by atoms with Crippen molar-refractivity contribution in [3.63, 3.8) is 0 Å². The van der Waals surface area contributed by atoms with Gasteiger partial charge in [-0.1, -0.05) is 38.1 Å². The molecule has 0 saturated carbocycles. The quantitative estimate of drug-likeness (QED) is 0.326. The molecule has 2 aromatic carbocycles. The summed E-state index contributed by atoms with van der Waals surface area (Å²) in [5.74, 6) is 0.496. The van der Waals surface area contributed by atoms with Crippen LogP contribution < -0.4 is 5.32 Å². The number of nitrogens with one attached hydrogen (secondary N) is 1. The fourth-order valence-corrected chi connectivity index (χ4v) is 4.18. The predicted molar refractivity (Wildman–Crippen MR) is 111 cm³/mol. The maximum Gasteiger partial charge on any atom is 0.338 e. The summed E-state index contributed by atoms with van der Waals surface area (Å²) >= 11 is 0. The van der Waals surface area contributed by atoms with E-state index in [1.807, 2.05) is 38.1 Å². The van der Waals surface area contributed by atoms with Crippen LogP contribution in [0.15, 0.2) is 54.6 Å². The Morgan fingerprint density at radius 1 is 1.24 bits per heavy atom. The Labute approximate surface area is 169 Å². The number of ether oxygens (including phenoxy) is 1. The van der Waals surface area contributed by atoms with Crippen LogP contribution in [0.3, 0.4) is 0 Å². The molecule has 1 N–H and O–H groups in total. The number of hydrogen-bond donors (Lipinski definition) is 1. The van der Waals surface area contributed by atoms with Crippen molar-refractivity contribution >= 4 is 17.3 Å². The second-order valence-electron chi connectivity index (χ2n) is 8.12. The molecular formula is C23H24N2O4. The van der Waals surface area contributed by atoms with Crippen LogP contribution in [0.25, 0.3) is 0 Å². The molecule has 1 aliphatic heterocycles. The van der Waals surface area contributed by atoms with Gasteiger partial charge in [-0.3, -0.25) is 10.1 Å². The topological polar surface area (TPSA) is 81.5 Å². The molecule has 2 aliphatic rings. The smallest absolute Gasteiger partial charge is 0.338 e. The van der Waals surface area contributed by atoms with E-state index in [9.17, 15) is 14.9 Å². The molecule has 4 rings (SSSR count). The Kier molecular flexibility index (Phi) is 5.09. The standard InChI is InChI=1S/C23H24N2O4/c1-14(2)13-29-23(26)16-8-11-21-20(12-16)18-4-3-5-19(18)22(24-21)15-6-9-17(10-7-15)25(27)28/h3-4,6-12,14,18-19,22,24H,5,13H2,1-2H3/t18-,19-,22+/m1/s1. The summed E-state index contributed by atoms with van der Waals surface area (Å²) < 4.78 is 5.38. The van der Waals surface area contributed by atoms with Crippen molar-refractivity contribution in [3.05, 3.63) is 81.4 Å². The average molecular weight is 392 g/mol. The molecule has 0 spiro atoms. The summed E-state index contributed by atoms with van der Waals surface area (Å²) in [5, 5.41) is 14.5. The lowest BCUT2D eigenvalue weighted by atomic mass is 9.76. The van der Waals surface area contributed by atoms with Crippen molar-refractivity contribution in [2.45, 2.75) is 32.2 Å². The molecule has 29 heavy (non-hydrogen) atoms.